The molecule has 2 heterocycles. The molecule has 1 atom stereocenters. The molecule has 3 rings (SSSR count). The molecule has 3 amide bonds. The van der Waals surface area contributed by atoms with Gasteiger partial charge in [-0.05, 0) is 38.3 Å². The Morgan fingerprint density at radius 3 is 2.31 bits per heavy atom. The van der Waals surface area contributed by atoms with Gasteiger partial charge in [0.15, 0.2) is 0 Å². The summed E-state index contributed by atoms with van der Waals surface area (Å²) in [4.78, 5) is 39.5. The van der Waals surface area contributed by atoms with E-state index in [1.165, 1.54) is 0 Å². The molecule has 7 nitrogen and oxygen atoms in total. The van der Waals surface area contributed by atoms with E-state index >= 15 is 0 Å². The van der Waals surface area contributed by atoms with Crippen LogP contribution < -0.4 is 5.32 Å². The number of urea groups is 1. The van der Waals surface area contributed by atoms with Gasteiger partial charge in [0.1, 0.15) is 0 Å². The van der Waals surface area contributed by atoms with Crippen LogP contribution >= 0.6 is 0 Å². The summed E-state index contributed by atoms with van der Waals surface area (Å²) >= 11 is 0. The topological polar surface area (TPSA) is 89.9 Å². The first-order valence-electron chi connectivity index (χ1n) is 9.02. The monoisotopic (exact) mass is 359 g/mol. The van der Waals surface area contributed by atoms with Gasteiger partial charge in [-0.2, -0.15) is 0 Å². The zero-order valence-corrected chi connectivity index (χ0v) is 15.0. The van der Waals surface area contributed by atoms with Crippen LogP contribution in [0.15, 0.2) is 30.3 Å². The van der Waals surface area contributed by atoms with E-state index in [0.717, 1.165) is 0 Å². The average Bonchev–Trinajstić information content (AvgIpc) is 3.06. The Bertz CT molecular complexity index is 685. The number of rotatable bonds is 3. The number of aliphatic carboxylic acids is 1. The highest BCUT2D eigenvalue weighted by atomic mass is 16.4. The summed E-state index contributed by atoms with van der Waals surface area (Å²) in [6, 6.07) is 9.00. The summed E-state index contributed by atoms with van der Waals surface area (Å²) in [6.45, 7) is 3.58. The highest BCUT2D eigenvalue weighted by Crippen LogP contribution is 2.30. The first-order valence-corrected chi connectivity index (χ1v) is 9.02. The lowest BCUT2D eigenvalue weighted by Crippen LogP contribution is -2.50. The lowest BCUT2D eigenvalue weighted by atomic mass is 9.90. The quantitative estimate of drug-likeness (QED) is 0.861. The highest BCUT2D eigenvalue weighted by Gasteiger charge is 2.42. The standard InChI is InChI=1S/C19H25N3O4/c1-19(17(24)25)9-12-22(13-19)18(26)20-15-7-10-21(11-8-15)16(23)14-5-3-2-4-6-14/h2-6,15H,7-13H2,1H3,(H,20,26)(H,24,25). The predicted octanol–water partition coefficient (Wildman–Crippen LogP) is 1.80. The molecule has 26 heavy (non-hydrogen) atoms. The molecule has 0 radical (unpaired) electrons. The van der Waals surface area contributed by atoms with Crippen molar-refractivity contribution in [3.8, 4) is 0 Å². The molecule has 2 fully saturated rings. The molecule has 1 unspecified atom stereocenters. The molecule has 2 aliphatic heterocycles. The van der Waals surface area contributed by atoms with E-state index in [1.54, 1.807) is 11.8 Å². The second kappa shape index (κ2) is 7.35. The van der Waals surface area contributed by atoms with Gasteiger partial charge in [0.25, 0.3) is 5.91 Å². The molecule has 1 aromatic rings. The maximum absolute atomic E-state index is 12.4. The summed E-state index contributed by atoms with van der Waals surface area (Å²) in [6.07, 6.45) is 1.88. The van der Waals surface area contributed by atoms with Crippen molar-refractivity contribution in [1.29, 1.82) is 0 Å². The van der Waals surface area contributed by atoms with Crippen molar-refractivity contribution in [3.05, 3.63) is 35.9 Å². The van der Waals surface area contributed by atoms with Gasteiger partial charge in [0, 0.05) is 37.8 Å². The summed E-state index contributed by atoms with van der Waals surface area (Å²) < 4.78 is 0. The number of carboxylic acid groups (broad SMARTS) is 1. The maximum Gasteiger partial charge on any atom is 0.317 e. The molecule has 140 valence electrons. The van der Waals surface area contributed by atoms with Crippen LogP contribution in [0, 0.1) is 5.41 Å². The summed E-state index contributed by atoms with van der Waals surface area (Å²) in [5.41, 5.74) is -0.178. The largest absolute Gasteiger partial charge is 0.481 e. The van der Waals surface area contributed by atoms with E-state index in [-0.39, 0.29) is 24.5 Å². The second-order valence-corrected chi connectivity index (χ2v) is 7.42. The van der Waals surface area contributed by atoms with E-state index in [4.69, 9.17) is 0 Å². The number of carboxylic acids is 1. The zero-order valence-electron chi connectivity index (χ0n) is 15.0. The van der Waals surface area contributed by atoms with Crippen LogP contribution in [0.2, 0.25) is 0 Å². The minimum Gasteiger partial charge on any atom is -0.481 e. The van der Waals surface area contributed by atoms with Crippen molar-refractivity contribution >= 4 is 17.9 Å². The third kappa shape index (κ3) is 3.81. The van der Waals surface area contributed by atoms with E-state index in [9.17, 15) is 19.5 Å². The molecule has 2 saturated heterocycles. The highest BCUT2D eigenvalue weighted by molar-refractivity contribution is 5.94. The number of likely N-dealkylation sites (tertiary alicyclic amines) is 2. The number of carbonyl (C=O) groups is 3. The Morgan fingerprint density at radius 1 is 1.08 bits per heavy atom. The minimum absolute atomic E-state index is 0.0130. The number of carbonyl (C=O) groups excluding carboxylic acids is 2. The van der Waals surface area contributed by atoms with Gasteiger partial charge < -0.3 is 20.2 Å². The SMILES string of the molecule is CC1(C(=O)O)CCN(C(=O)NC2CCN(C(=O)c3ccccc3)CC2)C1. The second-order valence-electron chi connectivity index (χ2n) is 7.42. The summed E-state index contributed by atoms with van der Waals surface area (Å²) in [5.74, 6) is -0.840. The lowest BCUT2D eigenvalue weighted by molar-refractivity contribution is -0.147. The molecule has 0 aliphatic carbocycles. The molecule has 0 bridgehead atoms. The fraction of sp³-hybridized carbons (Fsp3) is 0.526. The van der Waals surface area contributed by atoms with Crippen molar-refractivity contribution < 1.29 is 19.5 Å². The Labute approximate surface area is 153 Å². The van der Waals surface area contributed by atoms with Gasteiger partial charge in [-0.15, -0.1) is 0 Å². The fourth-order valence-corrected chi connectivity index (χ4v) is 3.57. The third-order valence-electron chi connectivity index (χ3n) is 5.41. The number of piperidine rings is 1. The van der Waals surface area contributed by atoms with Crippen LogP contribution in [-0.4, -0.2) is 65.0 Å². The molecule has 1 aromatic carbocycles. The molecule has 0 spiro atoms. The maximum atomic E-state index is 12.4. The molecular weight excluding hydrogens is 334 g/mol. The van der Waals surface area contributed by atoms with E-state index in [0.29, 0.717) is 44.5 Å². The average molecular weight is 359 g/mol. The first kappa shape index (κ1) is 18.2. The van der Waals surface area contributed by atoms with Gasteiger partial charge in [-0.25, -0.2) is 4.79 Å². The van der Waals surface area contributed by atoms with Crippen LogP contribution in [0.25, 0.3) is 0 Å². The third-order valence-corrected chi connectivity index (χ3v) is 5.41. The van der Waals surface area contributed by atoms with Crippen molar-refractivity contribution in [1.82, 2.24) is 15.1 Å². The predicted molar refractivity (Wildman–Crippen MR) is 95.8 cm³/mol. The van der Waals surface area contributed by atoms with Gasteiger partial charge in [-0.3, -0.25) is 9.59 Å². The van der Waals surface area contributed by atoms with Gasteiger partial charge in [0.05, 0.1) is 5.41 Å². The van der Waals surface area contributed by atoms with E-state index in [1.807, 2.05) is 35.2 Å². The number of hydrogen-bond donors (Lipinski definition) is 2. The molecule has 7 heteroatoms. The van der Waals surface area contributed by atoms with E-state index in [2.05, 4.69) is 5.32 Å². The molecule has 0 aromatic heterocycles. The Balaban J connectivity index is 1.48. The van der Waals surface area contributed by atoms with E-state index < -0.39 is 11.4 Å². The normalized spacial score (nSPS) is 23.7. The van der Waals surface area contributed by atoms with Crippen molar-refractivity contribution in [2.24, 2.45) is 5.41 Å². The zero-order chi connectivity index (χ0) is 18.7. The number of nitrogens with one attached hydrogen (secondary N) is 1. The first-order chi connectivity index (χ1) is 12.4. The molecule has 0 saturated carbocycles. The van der Waals surface area contributed by atoms with Crippen LogP contribution in [0.1, 0.15) is 36.5 Å². The van der Waals surface area contributed by atoms with Crippen molar-refractivity contribution in [3.63, 3.8) is 0 Å². The van der Waals surface area contributed by atoms with Crippen LogP contribution in [0.5, 0.6) is 0 Å². The minimum atomic E-state index is -0.861. The van der Waals surface area contributed by atoms with Gasteiger partial charge >= 0.3 is 12.0 Å². The lowest BCUT2D eigenvalue weighted by Gasteiger charge is -2.33. The number of benzene rings is 1. The van der Waals surface area contributed by atoms with Crippen LogP contribution in [0.3, 0.4) is 0 Å². The number of nitrogens with zero attached hydrogens (tertiary/aromatic N) is 2. The van der Waals surface area contributed by atoms with Crippen molar-refractivity contribution in [2.45, 2.75) is 32.2 Å². The number of amides is 3. The summed E-state index contributed by atoms with van der Waals surface area (Å²) in [7, 11) is 0. The number of hydrogen-bond acceptors (Lipinski definition) is 3. The Kier molecular flexibility index (Phi) is 5.15. The smallest absolute Gasteiger partial charge is 0.317 e. The fourth-order valence-electron chi connectivity index (χ4n) is 3.57. The Morgan fingerprint density at radius 2 is 1.73 bits per heavy atom. The van der Waals surface area contributed by atoms with Gasteiger partial charge in [-0.1, -0.05) is 18.2 Å². The molecule has 2 N–H and O–H groups in total. The Hall–Kier alpha value is -2.57. The van der Waals surface area contributed by atoms with Crippen LogP contribution in [0.4, 0.5) is 4.79 Å². The van der Waals surface area contributed by atoms with Gasteiger partial charge in [0.2, 0.25) is 0 Å². The molecule has 2 aliphatic rings. The molecular formula is C19H25N3O4. The summed E-state index contributed by atoms with van der Waals surface area (Å²) in [5, 5.41) is 12.3. The van der Waals surface area contributed by atoms with Crippen molar-refractivity contribution in [2.75, 3.05) is 26.2 Å². The van der Waals surface area contributed by atoms with Crippen LogP contribution in [-0.2, 0) is 4.79 Å².